The number of benzene rings is 1. The quantitative estimate of drug-likeness (QED) is 0.509. The largest absolute Gasteiger partial charge is 0.382 e. The number of amides is 2. The second-order valence-electron chi connectivity index (χ2n) is 7.33. The number of ether oxygens (including phenoxy) is 1. The van der Waals surface area contributed by atoms with Crippen molar-refractivity contribution < 1.29 is 14.3 Å². The molecule has 0 unspecified atom stereocenters. The normalized spacial score (nSPS) is 14.9. The van der Waals surface area contributed by atoms with Crippen LogP contribution in [0.2, 0.25) is 0 Å². The maximum absolute atomic E-state index is 12.5. The third-order valence-electron chi connectivity index (χ3n) is 5.19. The summed E-state index contributed by atoms with van der Waals surface area (Å²) < 4.78 is 7.05. The molecule has 7 nitrogen and oxygen atoms in total. The van der Waals surface area contributed by atoms with E-state index >= 15 is 0 Å². The summed E-state index contributed by atoms with van der Waals surface area (Å²) in [5.41, 5.74) is 1.84. The van der Waals surface area contributed by atoms with Crippen molar-refractivity contribution in [1.82, 2.24) is 20.0 Å². The van der Waals surface area contributed by atoms with Crippen molar-refractivity contribution in [3.05, 3.63) is 54.4 Å². The Kier molecular flexibility index (Phi) is 8.20. The van der Waals surface area contributed by atoms with Crippen molar-refractivity contribution in [3.8, 4) is 5.69 Å². The number of hydrogen-bond donors (Lipinski definition) is 1. The van der Waals surface area contributed by atoms with E-state index in [0.29, 0.717) is 45.7 Å². The van der Waals surface area contributed by atoms with Crippen molar-refractivity contribution in [3.63, 3.8) is 0 Å². The molecule has 1 saturated heterocycles. The monoisotopic (exact) mass is 410 g/mol. The Morgan fingerprint density at radius 3 is 2.73 bits per heavy atom. The number of aromatic nitrogens is 2. The van der Waals surface area contributed by atoms with Crippen molar-refractivity contribution in [2.75, 3.05) is 32.8 Å². The summed E-state index contributed by atoms with van der Waals surface area (Å²) in [5, 5.41) is 7.31. The molecule has 0 aliphatic carbocycles. The molecule has 30 heavy (non-hydrogen) atoms. The van der Waals surface area contributed by atoms with Crippen LogP contribution in [0.4, 0.5) is 0 Å². The third-order valence-corrected chi connectivity index (χ3v) is 5.19. The highest BCUT2D eigenvalue weighted by Crippen LogP contribution is 2.18. The van der Waals surface area contributed by atoms with Gasteiger partial charge in [-0.2, -0.15) is 5.10 Å². The molecule has 2 aromatic rings. The molecule has 1 aliphatic rings. The van der Waals surface area contributed by atoms with E-state index in [4.69, 9.17) is 4.74 Å². The predicted octanol–water partition coefficient (Wildman–Crippen LogP) is 2.67. The van der Waals surface area contributed by atoms with Gasteiger partial charge >= 0.3 is 0 Å². The van der Waals surface area contributed by atoms with Gasteiger partial charge in [-0.15, -0.1) is 0 Å². The van der Waals surface area contributed by atoms with Crippen LogP contribution in [0, 0.1) is 5.92 Å². The minimum absolute atomic E-state index is 0.0192. The molecule has 1 aliphatic heterocycles. The number of piperidine rings is 1. The van der Waals surface area contributed by atoms with Gasteiger partial charge in [-0.1, -0.05) is 18.2 Å². The van der Waals surface area contributed by atoms with Gasteiger partial charge in [0, 0.05) is 56.6 Å². The summed E-state index contributed by atoms with van der Waals surface area (Å²) in [6, 6.07) is 9.83. The van der Waals surface area contributed by atoms with Gasteiger partial charge in [-0.05, 0) is 44.4 Å². The van der Waals surface area contributed by atoms with Crippen LogP contribution in [0.3, 0.4) is 0 Å². The van der Waals surface area contributed by atoms with Gasteiger partial charge in [-0.3, -0.25) is 9.59 Å². The SMILES string of the molecule is CCOCCCNC(=O)C1CCN(C(=O)C=Cc2cnn(-c3ccccc3)c2)CC1. The van der Waals surface area contributed by atoms with Gasteiger partial charge in [0.15, 0.2) is 0 Å². The average molecular weight is 411 g/mol. The highest BCUT2D eigenvalue weighted by atomic mass is 16.5. The first-order valence-corrected chi connectivity index (χ1v) is 10.6. The first-order chi connectivity index (χ1) is 14.7. The fourth-order valence-corrected chi connectivity index (χ4v) is 3.45. The number of carbonyl (C=O) groups is 2. The topological polar surface area (TPSA) is 76.5 Å². The molecule has 2 amide bonds. The summed E-state index contributed by atoms with van der Waals surface area (Å²) in [7, 11) is 0. The van der Waals surface area contributed by atoms with E-state index in [0.717, 1.165) is 17.7 Å². The summed E-state index contributed by atoms with van der Waals surface area (Å²) >= 11 is 0. The number of carbonyl (C=O) groups excluding carboxylic acids is 2. The van der Waals surface area contributed by atoms with Gasteiger partial charge in [0.1, 0.15) is 0 Å². The smallest absolute Gasteiger partial charge is 0.246 e. The summed E-state index contributed by atoms with van der Waals surface area (Å²) in [6.07, 6.45) is 9.21. The molecule has 1 aromatic heterocycles. The molecule has 0 spiro atoms. The van der Waals surface area contributed by atoms with E-state index in [1.54, 1.807) is 27.9 Å². The zero-order valence-corrected chi connectivity index (χ0v) is 17.5. The Labute approximate surface area is 177 Å². The number of para-hydroxylation sites is 1. The third kappa shape index (κ3) is 6.29. The molecule has 160 valence electrons. The first-order valence-electron chi connectivity index (χ1n) is 10.6. The Morgan fingerprint density at radius 1 is 1.23 bits per heavy atom. The lowest BCUT2D eigenvalue weighted by Crippen LogP contribution is -2.42. The zero-order valence-electron chi connectivity index (χ0n) is 17.5. The maximum Gasteiger partial charge on any atom is 0.246 e. The molecule has 0 atom stereocenters. The molecule has 2 heterocycles. The second kappa shape index (κ2) is 11.3. The molecule has 7 heteroatoms. The Balaban J connectivity index is 1.42. The van der Waals surface area contributed by atoms with E-state index in [1.807, 2.05) is 43.5 Å². The lowest BCUT2D eigenvalue weighted by atomic mass is 9.96. The number of rotatable bonds is 9. The number of nitrogens with one attached hydrogen (secondary N) is 1. The molecule has 1 aromatic carbocycles. The molecular weight excluding hydrogens is 380 g/mol. The first kappa shape index (κ1) is 21.8. The van der Waals surface area contributed by atoms with Gasteiger partial charge in [-0.25, -0.2) is 4.68 Å². The molecular formula is C23H30N4O3. The fraction of sp³-hybridized carbons (Fsp3) is 0.435. The molecule has 0 radical (unpaired) electrons. The van der Waals surface area contributed by atoms with Gasteiger partial charge in [0.05, 0.1) is 11.9 Å². The van der Waals surface area contributed by atoms with Crippen molar-refractivity contribution in [1.29, 1.82) is 0 Å². The summed E-state index contributed by atoms with van der Waals surface area (Å²) in [5.74, 6) is 0.0368. The standard InChI is InChI=1S/C23H30N4O3/c1-2-30-16-6-13-24-23(29)20-11-14-26(15-12-20)22(28)10-9-19-17-25-27(18-19)21-7-4-3-5-8-21/h3-5,7-10,17-18,20H,2,6,11-16H2,1H3,(H,24,29). The number of hydrogen-bond acceptors (Lipinski definition) is 4. The van der Waals surface area contributed by atoms with Crippen LogP contribution < -0.4 is 5.32 Å². The lowest BCUT2D eigenvalue weighted by molar-refractivity contribution is -0.132. The van der Waals surface area contributed by atoms with E-state index in [1.165, 1.54) is 0 Å². The highest BCUT2D eigenvalue weighted by Gasteiger charge is 2.26. The minimum atomic E-state index is -0.0296. The Bertz CT molecular complexity index is 839. The molecule has 0 bridgehead atoms. The minimum Gasteiger partial charge on any atom is -0.382 e. The summed E-state index contributed by atoms with van der Waals surface area (Å²) in [6.45, 7) is 5.16. The lowest BCUT2D eigenvalue weighted by Gasteiger charge is -2.30. The maximum atomic E-state index is 12.5. The average Bonchev–Trinajstić information content (AvgIpc) is 3.27. The Morgan fingerprint density at radius 2 is 2.00 bits per heavy atom. The van der Waals surface area contributed by atoms with Crippen molar-refractivity contribution in [2.45, 2.75) is 26.2 Å². The summed E-state index contributed by atoms with van der Waals surface area (Å²) in [4.78, 5) is 26.6. The van der Waals surface area contributed by atoms with E-state index in [9.17, 15) is 9.59 Å². The van der Waals surface area contributed by atoms with Crippen LogP contribution in [0.5, 0.6) is 0 Å². The van der Waals surface area contributed by atoms with Crippen LogP contribution in [0.15, 0.2) is 48.8 Å². The van der Waals surface area contributed by atoms with Gasteiger partial charge in [0.25, 0.3) is 0 Å². The Hall–Kier alpha value is -2.93. The van der Waals surface area contributed by atoms with E-state index in [2.05, 4.69) is 10.4 Å². The van der Waals surface area contributed by atoms with E-state index < -0.39 is 0 Å². The van der Waals surface area contributed by atoms with Crippen LogP contribution in [-0.4, -0.2) is 59.3 Å². The van der Waals surface area contributed by atoms with Crippen LogP contribution in [0.1, 0.15) is 31.7 Å². The highest BCUT2D eigenvalue weighted by molar-refractivity contribution is 5.92. The van der Waals surface area contributed by atoms with E-state index in [-0.39, 0.29) is 17.7 Å². The number of likely N-dealkylation sites (tertiary alicyclic amines) is 1. The van der Waals surface area contributed by atoms with Gasteiger partial charge < -0.3 is 15.0 Å². The van der Waals surface area contributed by atoms with Crippen molar-refractivity contribution in [2.24, 2.45) is 5.92 Å². The predicted molar refractivity (Wildman–Crippen MR) is 116 cm³/mol. The molecule has 1 N–H and O–H groups in total. The molecule has 3 rings (SSSR count). The van der Waals surface area contributed by atoms with Crippen LogP contribution in [0.25, 0.3) is 11.8 Å². The number of nitrogens with zero attached hydrogens (tertiary/aromatic N) is 3. The molecule has 0 saturated carbocycles. The van der Waals surface area contributed by atoms with Crippen molar-refractivity contribution >= 4 is 17.9 Å². The second-order valence-corrected chi connectivity index (χ2v) is 7.33. The van der Waals surface area contributed by atoms with Crippen LogP contribution >= 0.6 is 0 Å². The zero-order chi connectivity index (χ0) is 21.2. The van der Waals surface area contributed by atoms with Gasteiger partial charge in [0.2, 0.25) is 11.8 Å². The fourth-order valence-electron chi connectivity index (χ4n) is 3.45. The molecule has 1 fully saturated rings. The van der Waals surface area contributed by atoms with Crippen LogP contribution in [-0.2, 0) is 14.3 Å².